The normalized spacial score (nSPS) is 20.0. The van der Waals surface area contributed by atoms with Gasteiger partial charge in [-0.1, -0.05) is 78.8 Å². The number of hydrogen-bond acceptors (Lipinski definition) is 21. The van der Waals surface area contributed by atoms with Crippen LogP contribution >= 0.6 is 0 Å². The van der Waals surface area contributed by atoms with Gasteiger partial charge in [-0.15, -0.1) is 0 Å². The van der Waals surface area contributed by atoms with Gasteiger partial charge in [-0.2, -0.15) is 0 Å². The number of ketones is 3. The van der Waals surface area contributed by atoms with Crippen LogP contribution in [0.5, 0.6) is 34.5 Å². The molecule has 1 aliphatic heterocycles. The van der Waals surface area contributed by atoms with E-state index in [-0.39, 0.29) is 82.8 Å². The summed E-state index contributed by atoms with van der Waals surface area (Å²) in [6, 6.07) is 33.1. The number of Topliss-reactive ketones (excluding diaryl/α,β-unsaturated/α-hetero) is 1. The summed E-state index contributed by atoms with van der Waals surface area (Å²) >= 11 is 0. The summed E-state index contributed by atoms with van der Waals surface area (Å²) in [4.78, 5) is 62.0. The Labute approximate surface area is 519 Å². The van der Waals surface area contributed by atoms with Crippen LogP contribution in [0.2, 0.25) is 0 Å². The fourth-order valence-electron chi connectivity index (χ4n) is 11.4. The first-order chi connectivity index (χ1) is 43.4. The molecule has 90 heavy (non-hydrogen) atoms. The number of phenols is 4. The minimum absolute atomic E-state index is 0.0432. The molecular weight excluding hydrogens is 1160 g/mol. The highest BCUT2D eigenvalue weighted by Gasteiger charge is 2.50. The first-order valence-electron chi connectivity index (χ1n) is 29.5. The Kier molecular flexibility index (Phi) is 21.7. The third kappa shape index (κ3) is 14.8. The molecule has 23 heteroatoms. The van der Waals surface area contributed by atoms with Crippen molar-refractivity contribution in [2.45, 2.75) is 75.8 Å². The lowest BCUT2D eigenvalue weighted by molar-refractivity contribution is -0.249. The Hall–Kier alpha value is -8.75. The van der Waals surface area contributed by atoms with Crippen LogP contribution in [-0.2, 0) is 35.0 Å². The number of allylic oxidation sites excluding steroid dienone is 1. The number of hydrogen-bond donors (Lipinski definition) is 10. The second-order valence-electron chi connectivity index (χ2n) is 22.1. The number of rotatable bonds is 28. The van der Waals surface area contributed by atoms with Gasteiger partial charge in [0.2, 0.25) is 5.78 Å². The largest absolute Gasteiger partial charge is 0.508 e. The van der Waals surface area contributed by atoms with Crippen LogP contribution < -0.4 is 25.8 Å². The van der Waals surface area contributed by atoms with Crippen LogP contribution in [-0.4, -0.2) is 180 Å². The molecule has 0 spiro atoms. The summed E-state index contributed by atoms with van der Waals surface area (Å²) in [6.07, 6.45) is -5.46. The molecule has 9 rings (SSSR count). The molecular formula is C67H75N5O18. The Balaban J connectivity index is 0.699. The molecule has 476 valence electrons. The lowest BCUT2D eigenvalue weighted by Gasteiger charge is -2.43. The fraction of sp³-hybridized carbons (Fsp3) is 0.358. The highest BCUT2D eigenvalue weighted by molar-refractivity contribution is 6.31. The molecule has 1 heterocycles. The SMILES string of the molecule is CC/C(=C(/c1ccc(O)cc1)c1ccc(OCCN(C)CCOCCOCCO/N=C(\N)c2ccc(O)c(C(=O)NCN[C@H]3C[C@H](O[C@H]4C[C@](O)(C(=O)CO)Cc5c(O)c6c(c(O)c54)C(=O)c4c(OC)cccc4C6=O)O[C@@H](C)[C@H]3O)c2)cc1)c1ccccc1. The summed E-state index contributed by atoms with van der Waals surface area (Å²) in [7, 11) is 3.29. The summed E-state index contributed by atoms with van der Waals surface area (Å²) < 4.78 is 35.1. The van der Waals surface area contributed by atoms with Crippen LogP contribution in [0.1, 0.15) is 115 Å². The molecule has 11 N–H and O–H groups in total. The fourth-order valence-corrected chi connectivity index (χ4v) is 11.4. The molecule has 1 amide bonds. The van der Waals surface area contributed by atoms with Crippen molar-refractivity contribution in [3.05, 3.63) is 176 Å². The molecule has 6 aromatic carbocycles. The molecule has 0 radical (unpaired) electrons. The second-order valence-corrected chi connectivity index (χ2v) is 22.1. The van der Waals surface area contributed by atoms with Gasteiger partial charge in [-0.3, -0.25) is 24.5 Å². The maximum absolute atomic E-state index is 14.1. The Morgan fingerprint density at radius 2 is 1.46 bits per heavy atom. The molecule has 2 aliphatic carbocycles. The van der Waals surface area contributed by atoms with Crippen molar-refractivity contribution >= 4 is 40.2 Å². The number of likely N-dealkylation sites (N-methyl/N-ethyl adjacent to an activating group) is 1. The first-order valence-corrected chi connectivity index (χ1v) is 29.5. The number of oxime groups is 1. The summed E-state index contributed by atoms with van der Waals surface area (Å²) in [6.45, 7) is 5.54. The van der Waals surface area contributed by atoms with E-state index in [1.165, 1.54) is 56.0 Å². The van der Waals surface area contributed by atoms with E-state index in [9.17, 15) is 54.9 Å². The van der Waals surface area contributed by atoms with E-state index in [0.717, 1.165) is 34.4 Å². The summed E-state index contributed by atoms with van der Waals surface area (Å²) in [5.41, 5.74) is 7.59. The number of amidine groups is 1. The van der Waals surface area contributed by atoms with E-state index in [0.29, 0.717) is 39.5 Å². The molecule has 0 saturated carbocycles. The van der Waals surface area contributed by atoms with Gasteiger partial charge in [0.15, 0.2) is 23.7 Å². The van der Waals surface area contributed by atoms with Crippen molar-refractivity contribution in [3.63, 3.8) is 0 Å². The van der Waals surface area contributed by atoms with Crippen molar-refractivity contribution in [1.29, 1.82) is 0 Å². The van der Waals surface area contributed by atoms with Crippen molar-refractivity contribution < 1.29 is 88.2 Å². The molecule has 6 aromatic rings. The molecule has 1 saturated heterocycles. The van der Waals surface area contributed by atoms with E-state index in [1.807, 2.05) is 49.5 Å². The zero-order valence-corrected chi connectivity index (χ0v) is 50.3. The monoisotopic (exact) mass is 1240 g/mol. The standard InChI is InChI=1S/C67H75N5O18/c1-5-45(39-10-7-6-8-11-39)55(40-14-19-43(74)20-15-40)41-16-21-44(22-17-41)87-27-25-72(3)24-26-85-28-29-86-30-31-88-71-65(68)42-18-23-50(75)47(32-42)66(82)70-37-69-49-33-54(89-38(2)60(49)77)90-52-35-67(83,53(76)36-73)34-48-57(52)64(81)59-58(62(48)79)61(78)46-12-9-13-51(84-4)56(46)63(59)80/h6-23,32,38,49,52,54,60,69,73-75,77,79,81,83H,5,24-31,33-37H2,1-4H3,(H2,68,71)(H,70,82)/b55-45+/t38-,49-,52-,54-,60+,67-/m0/s1. The minimum atomic E-state index is -2.38. The molecule has 0 bridgehead atoms. The van der Waals surface area contributed by atoms with Gasteiger partial charge in [0.25, 0.3) is 5.91 Å². The number of carbonyl (C=O) groups excluding carboxylic acids is 4. The second kappa shape index (κ2) is 29.7. The topological polar surface area (TPSA) is 340 Å². The Morgan fingerprint density at radius 1 is 0.789 bits per heavy atom. The Morgan fingerprint density at radius 3 is 2.16 bits per heavy atom. The van der Waals surface area contributed by atoms with E-state index in [1.54, 1.807) is 12.1 Å². The highest BCUT2D eigenvalue weighted by atomic mass is 16.7. The van der Waals surface area contributed by atoms with Crippen LogP contribution in [0.25, 0.3) is 11.1 Å². The van der Waals surface area contributed by atoms with Crippen LogP contribution in [0.3, 0.4) is 0 Å². The van der Waals surface area contributed by atoms with Gasteiger partial charge >= 0.3 is 0 Å². The van der Waals surface area contributed by atoms with Crippen molar-refractivity contribution in [3.8, 4) is 34.5 Å². The van der Waals surface area contributed by atoms with Crippen LogP contribution in [0.15, 0.2) is 120 Å². The molecule has 6 atom stereocenters. The third-order valence-corrected chi connectivity index (χ3v) is 16.2. The number of ether oxygens (including phenoxy) is 6. The van der Waals surface area contributed by atoms with Gasteiger partial charge < -0.3 is 85.0 Å². The highest BCUT2D eigenvalue weighted by Crippen LogP contribution is 2.53. The van der Waals surface area contributed by atoms with Gasteiger partial charge in [-0.25, -0.2) is 0 Å². The predicted octanol–water partition coefficient (Wildman–Crippen LogP) is 5.48. The Bertz CT molecular complexity index is 3620. The zero-order chi connectivity index (χ0) is 64.2. The minimum Gasteiger partial charge on any atom is -0.508 e. The number of nitrogens with zero attached hydrogens (tertiary/aromatic N) is 2. The van der Waals surface area contributed by atoms with E-state index in [4.69, 9.17) is 39.0 Å². The van der Waals surface area contributed by atoms with E-state index in [2.05, 4.69) is 51.9 Å². The number of fused-ring (bicyclic) bond motifs is 3. The number of aromatic hydroxyl groups is 4. The van der Waals surface area contributed by atoms with Crippen molar-refractivity contribution in [1.82, 2.24) is 15.5 Å². The number of methoxy groups -OCH3 is 1. The van der Waals surface area contributed by atoms with Gasteiger partial charge in [0.05, 0.1) is 80.8 Å². The number of aliphatic hydroxyl groups excluding tert-OH is 2. The molecule has 1 fully saturated rings. The number of nitrogens with one attached hydrogen (secondary N) is 2. The molecule has 23 nitrogen and oxygen atoms in total. The predicted molar refractivity (Wildman–Crippen MR) is 330 cm³/mol. The third-order valence-electron chi connectivity index (χ3n) is 16.2. The van der Waals surface area contributed by atoms with Crippen LogP contribution in [0.4, 0.5) is 0 Å². The van der Waals surface area contributed by atoms with Gasteiger partial charge in [0, 0.05) is 60.6 Å². The van der Waals surface area contributed by atoms with E-state index >= 15 is 0 Å². The maximum atomic E-state index is 14.1. The lowest BCUT2D eigenvalue weighted by Crippen LogP contribution is -2.56. The number of nitrogens with two attached hydrogens (primary N) is 1. The number of benzene rings is 6. The molecule has 3 aliphatic rings. The van der Waals surface area contributed by atoms with Crippen LogP contribution in [0, 0.1) is 0 Å². The number of phenolic OH excluding ortho intramolecular Hbond substituents is 4. The number of aliphatic hydroxyl groups is 3. The lowest BCUT2D eigenvalue weighted by atomic mass is 9.72. The first kappa shape index (κ1) is 65.7. The van der Waals surface area contributed by atoms with Gasteiger partial charge in [0.1, 0.15) is 59.9 Å². The van der Waals surface area contributed by atoms with Gasteiger partial charge in [-0.05, 0) is 96.8 Å². The average molecular weight is 1240 g/mol. The quantitative estimate of drug-likeness (QED) is 0.00552. The van der Waals surface area contributed by atoms with Crippen molar-refractivity contribution in [2.24, 2.45) is 10.9 Å². The average Bonchev–Trinajstić information content (AvgIpc) is 0.753. The van der Waals surface area contributed by atoms with Crippen molar-refractivity contribution in [2.75, 3.05) is 80.2 Å². The number of amides is 1. The smallest absolute Gasteiger partial charge is 0.256 e. The number of carbonyl (C=O) groups is 4. The summed E-state index contributed by atoms with van der Waals surface area (Å²) in [5.74, 6) is -4.40. The van der Waals surface area contributed by atoms with E-state index < -0.39 is 102 Å². The zero-order valence-electron chi connectivity index (χ0n) is 50.3. The molecule has 0 unspecified atom stereocenters. The summed E-state index contributed by atoms with van der Waals surface area (Å²) in [5, 5.41) is 86.6. The molecule has 0 aromatic heterocycles. The maximum Gasteiger partial charge on any atom is 0.256 e.